The number of aliphatic carboxylic acids is 1. The van der Waals surface area contributed by atoms with Gasteiger partial charge in [0.25, 0.3) is 0 Å². The van der Waals surface area contributed by atoms with Crippen LogP contribution >= 0.6 is 11.6 Å². The van der Waals surface area contributed by atoms with Gasteiger partial charge in [0.2, 0.25) is 5.95 Å². The maximum absolute atomic E-state index is 14.8. The normalized spacial score (nSPS) is 14.5. The highest BCUT2D eigenvalue weighted by Crippen LogP contribution is 2.52. The zero-order valence-corrected chi connectivity index (χ0v) is 20.9. The minimum absolute atomic E-state index is 0.0286. The summed E-state index contributed by atoms with van der Waals surface area (Å²) in [6, 6.07) is 19.0. The summed E-state index contributed by atoms with van der Waals surface area (Å²) >= 11 is 6.17. The van der Waals surface area contributed by atoms with Crippen molar-refractivity contribution in [3.63, 3.8) is 0 Å². The Bertz CT molecular complexity index is 1530. The van der Waals surface area contributed by atoms with Crippen molar-refractivity contribution in [1.82, 2.24) is 9.78 Å². The van der Waals surface area contributed by atoms with E-state index in [4.69, 9.17) is 16.3 Å². The Kier molecular flexibility index (Phi) is 6.62. The van der Waals surface area contributed by atoms with Crippen LogP contribution < -0.4 is 5.32 Å². The van der Waals surface area contributed by atoms with E-state index in [2.05, 4.69) is 10.4 Å². The minimum atomic E-state index is -1.23. The Morgan fingerprint density at radius 2 is 1.79 bits per heavy atom. The molecule has 7 nitrogen and oxygen atoms in total. The van der Waals surface area contributed by atoms with Crippen molar-refractivity contribution < 1.29 is 28.2 Å². The maximum Gasteiger partial charge on any atom is 0.413 e. The van der Waals surface area contributed by atoms with Gasteiger partial charge in [0.05, 0.1) is 11.1 Å². The third kappa shape index (κ3) is 4.72. The second-order valence-corrected chi connectivity index (χ2v) is 9.46. The fraction of sp³-hybridized carbons (Fsp3) is 0.179. The van der Waals surface area contributed by atoms with E-state index in [0.29, 0.717) is 40.2 Å². The van der Waals surface area contributed by atoms with E-state index in [1.54, 1.807) is 61.5 Å². The van der Waals surface area contributed by atoms with E-state index in [1.165, 1.54) is 16.8 Å². The standard InChI is InChI=1S/C28H22ClF2N3O4/c1-16(19-5-2-3-7-21(19)29)38-27(37)32-24-15-23(31)33-34(24)18-11-9-17(10-12-18)20-6-4-8-22(30)25(20)28(13-14-28)26(35)36/h2-12,15-16H,13-14H2,1H3,(H,32,37)(H,35,36)/t16-/m1/s1. The number of nitrogens with one attached hydrogen (secondary N) is 1. The SMILES string of the molecule is C[C@@H](OC(=O)Nc1cc(F)nn1-c1ccc(-c2cccc(F)c2C2(C(=O)O)CC2)cc1)c1ccccc1Cl. The fourth-order valence-corrected chi connectivity index (χ4v) is 4.82. The van der Waals surface area contributed by atoms with Crippen molar-refractivity contribution in [2.75, 3.05) is 5.32 Å². The number of hydrogen-bond donors (Lipinski definition) is 2. The molecule has 1 aliphatic carbocycles. The Balaban J connectivity index is 1.39. The Labute approximate surface area is 221 Å². The van der Waals surface area contributed by atoms with E-state index >= 15 is 0 Å². The molecule has 0 bridgehead atoms. The average molecular weight is 538 g/mol. The van der Waals surface area contributed by atoms with E-state index < -0.39 is 35.3 Å². The van der Waals surface area contributed by atoms with E-state index in [-0.39, 0.29) is 11.4 Å². The number of aromatic nitrogens is 2. The second kappa shape index (κ2) is 9.90. The second-order valence-electron chi connectivity index (χ2n) is 9.05. The van der Waals surface area contributed by atoms with E-state index in [0.717, 1.165) is 6.07 Å². The summed E-state index contributed by atoms with van der Waals surface area (Å²) in [5.41, 5.74) is 1.01. The molecule has 0 aliphatic heterocycles. The molecule has 0 unspecified atom stereocenters. The smallest absolute Gasteiger partial charge is 0.413 e. The molecular weight excluding hydrogens is 516 g/mol. The number of ether oxygens (including phenoxy) is 1. The van der Waals surface area contributed by atoms with Gasteiger partial charge in [-0.2, -0.15) is 4.39 Å². The topological polar surface area (TPSA) is 93.5 Å². The molecule has 2 N–H and O–H groups in total. The predicted octanol–water partition coefficient (Wildman–Crippen LogP) is 6.90. The lowest BCUT2D eigenvalue weighted by Crippen LogP contribution is -2.22. The number of carbonyl (C=O) groups is 2. The van der Waals surface area contributed by atoms with Crippen molar-refractivity contribution in [2.24, 2.45) is 0 Å². The summed E-state index contributed by atoms with van der Waals surface area (Å²) in [5, 5.41) is 16.5. The number of carbonyl (C=O) groups excluding carboxylic acids is 1. The van der Waals surface area contributed by atoms with Gasteiger partial charge in [0.15, 0.2) is 0 Å². The highest BCUT2D eigenvalue weighted by molar-refractivity contribution is 6.31. The van der Waals surface area contributed by atoms with Gasteiger partial charge in [0, 0.05) is 22.2 Å². The number of amides is 1. The van der Waals surface area contributed by atoms with Gasteiger partial charge < -0.3 is 9.84 Å². The Morgan fingerprint density at radius 3 is 2.45 bits per heavy atom. The van der Waals surface area contributed by atoms with Crippen molar-refractivity contribution in [3.05, 3.63) is 101 Å². The van der Waals surface area contributed by atoms with Gasteiger partial charge in [-0.15, -0.1) is 5.10 Å². The molecule has 1 aliphatic rings. The summed E-state index contributed by atoms with van der Waals surface area (Å²) in [6.45, 7) is 1.66. The Hall–Kier alpha value is -4.24. The molecule has 0 saturated heterocycles. The van der Waals surface area contributed by atoms with Crippen LogP contribution in [-0.4, -0.2) is 26.9 Å². The van der Waals surface area contributed by atoms with Crippen LogP contribution in [0.2, 0.25) is 5.02 Å². The molecule has 1 atom stereocenters. The lowest BCUT2D eigenvalue weighted by Gasteiger charge is -2.17. The molecule has 1 aromatic heterocycles. The number of nitrogens with zero attached hydrogens (tertiary/aromatic N) is 2. The number of benzene rings is 3. The lowest BCUT2D eigenvalue weighted by atomic mass is 9.87. The average Bonchev–Trinajstić information content (AvgIpc) is 3.61. The zero-order chi connectivity index (χ0) is 27.0. The van der Waals surface area contributed by atoms with Gasteiger partial charge in [0.1, 0.15) is 17.7 Å². The largest absolute Gasteiger partial charge is 0.481 e. The summed E-state index contributed by atoms with van der Waals surface area (Å²) in [5.74, 6) is -2.43. The van der Waals surface area contributed by atoms with Gasteiger partial charge in [-0.25, -0.2) is 13.9 Å². The highest BCUT2D eigenvalue weighted by atomic mass is 35.5. The van der Waals surface area contributed by atoms with Crippen LogP contribution in [0.5, 0.6) is 0 Å². The van der Waals surface area contributed by atoms with Crippen LogP contribution in [0.15, 0.2) is 72.8 Å². The molecule has 0 spiro atoms. The molecular formula is C28H22ClF2N3O4. The molecule has 0 radical (unpaired) electrons. The van der Waals surface area contributed by atoms with E-state index in [9.17, 15) is 23.5 Å². The zero-order valence-electron chi connectivity index (χ0n) is 20.1. The summed E-state index contributed by atoms with van der Waals surface area (Å²) in [6.07, 6.45) is -0.768. The molecule has 1 saturated carbocycles. The van der Waals surface area contributed by atoms with E-state index in [1.807, 2.05) is 0 Å². The van der Waals surface area contributed by atoms with Crippen LogP contribution in [0.1, 0.15) is 37.0 Å². The first-order chi connectivity index (χ1) is 18.2. The van der Waals surface area contributed by atoms with Crippen LogP contribution in [0, 0.1) is 11.8 Å². The van der Waals surface area contributed by atoms with Crippen molar-refractivity contribution in [3.8, 4) is 16.8 Å². The number of rotatable bonds is 7. The molecule has 4 aromatic rings. The number of hydrogen-bond acceptors (Lipinski definition) is 4. The molecule has 5 rings (SSSR count). The van der Waals surface area contributed by atoms with Gasteiger partial charge >= 0.3 is 12.1 Å². The summed E-state index contributed by atoms with van der Waals surface area (Å²) in [7, 11) is 0. The van der Waals surface area contributed by atoms with Gasteiger partial charge in [-0.3, -0.25) is 10.1 Å². The first-order valence-electron chi connectivity index (χ1n) is 11.8. The maximum atomic E-state index is 14.8. The van der Waals surface area contributed by atoms with Crippen LogP contribution in [0.3, 0.4) is 0 Å². The predicted molar refractivity (Wildman–Crippen MR) is 137 cm³/mol. The third-order valence-electron chi connectivity index (χ3n) is 6.61. The number of halogens is 3. The summed E-state index contributed by atoms with van der Waals surface area (Å²) < 4.78 is 35.5. The minimum Gasteiger partial charge on any atom is -0.481 e. The molecule has 3 aromatic carbocycles. The lowest BCUT2D eigenvalue weighted by molar-refractivity contribution is -0.140. The highest BCUT2D eigenvalue weighted by Gasteiger charge is 2.54. The quantitative estimate of drug-likeness (QED) is 0.267. The number of anilines is 1. The van der Waals surface area contributed by atoms with Crippen molar-refractivity contribution in [2.45, 2.75) is 31.3 Å². The molecule has 1 fully saturated rings. The van der Waals surface area contributed by atoms with Crippen molar-refractivity contribution in [1.29, 1.82) is 0 Å². The first kappa shape index (κ1) is 25.4. The fourth-order valence-electron chi connectivity index (χ4n) is 4.53. The molecule has 10 heteroatoms. The number of carboxylic acids is 1. The Morgan fingerprint density at radius 1 is 1.08 bits per heavy atom. The van der Waals surface area contributed by atoms with Gasteiger partial charge in [-0.1, -0.05) is 54.1 Å². The van der Waals surface area contributed by atoms with Gasteiger partial charge in [-0.05, 0) is 55.2 Å². The van der Waals surface area contributed by atoms with Crippen molar-refractivity contribution >= 4 is 29.5 Å². The molecule has 1 amide bonds. The van der Waals surface area contributed by atoms with Crippen LogP contribution in [0.4, 0.5) is 19.4 Å². The molecule has 1 heterocycles. The molecule has 194 valence electrons. The molecule has 38 heavy (non-hydrogen) atoms. The first-order valence-corrected chi connectivity index (χ1v) is 12.2. The van der Waals surface area contributed by atoms with Crippen LogP contribution in [0.25, 0.3) is 16.8 Å². The number of carboxylic acid groups (broad SMARTS) is 1. The van der Waals surface area contributed by atoms with Crippen LogP contribution in [-0.2, 0) is 14.9 Å². The summed E-state index contributed by atoms with van der Waals surface area (Å²) in [4.78, 5) is 24.4. The third-order valence-corrected chi connectivity index (χ3v) is 6.96. The monoisotopic (exact) mass is 537 g/mol.